The molecule has 1 aromatic heterocycles. The SMILES string of the molecule is CCC12CCCN(C#N)CCc3c(n(c4ccccc34)C(O)(C(=O)OC)C1)C2COC. The predicted molar refractivity (Wildman–Crippen MR) is 116 cm³/mol. The zero-order chi connectivity index (χ0) is 22.2. The number of carbonyl (C=O) groups excluding carboxylic acids is 1. The predicted octanol–water partition coefficient (Wildman–Crippen LogP) is 3.11. The fourth-order valence-corrected chi connectivity index (χ4v) is 5.98. The normalized spacial score (nSPS) is 28.2. The zero-order valence-corrected chi connectivity index (χ0v) is 18.6. The van der Waals surface area contributed by atoms with Crippen LogP contribution in [0.3, 0.4) is 0 Å². The first-order valence-electron chi connectivity index (χ1n) is 11.0. The van der Waals surface area contributed by atoms with Crippen LogP contribution in [-0.4, -0.2) is 54.5 Å². The molecule has 3 unspecified atom stereocenters. The number of nitriles is 1. The van der Waals surface area contributed by atoms with Gasteiger partial charge in [0.25, 0.3) is 0 Å². The number of hydrogen-bond acceptors (Lipinski definition) is 6. The lowest BCUT2D eigenvalue weighted by Crippen LogP contribution is -2.54. The molecule has 4 rings (SSSR count). The Morgan fingerprint density at radius 1 is 1.32 bits per heavy atom. The molecule has 7 nitrogen and oxygen atoms in total. The summed E-state index contributed by atoms with van der Waals surface area (Å²) >= 11 is 0. The molecule has 3 heterocycles. The van der Waals surface area contributed by atoms with Gasteiger partial charge in [0, 0.05) is 43.6 Å². The van der Waals surface area contributed by atoms with Crippen LogP contribution in [0, 0.1) is 16.9 Å². The van der Waals surface area contributed by atoms with Crippen molar-refractivity contribution in [2.45, 2.75) is 50.7 Å². The van der Waals surface area contributed by atoms with E-state index in [1.54, 1.807) is 11.7 Å². The van der Waals surface area contributed by atoms with Gasteiger partial charge in [-0.3, -0.25) is 0 Å². The highest BCUT2D eigenvalue weighted by molar-refractivity contribution is 5.89. The van der Waals surface area contributed by atoms with Gasteiger partial charge in [-0.05, 0) is 42.7 Å². The van der Waals surface area contributed by atoms with Gasteiger partial charge in [0.1, 0.15) is 0 Å². The molecule has 0 saturated carbocycles. The number of fused-ring (bicyclic) bond motifs is 4. The van der Waals surface area contributed by atoms with E-state index in [2.05, 4.69) is 13.1 Å². The number of esters is 1. The molecule has 0 aliphatic carbocycles. The third kappa shape index (κ3) is 3.20. The average Bonchev–Trinajstić information content (AvgIpc) is 3.12. The number of para-hydroxylation sites is 1. The van der Waals surface area contributed by atoms with Crippen LogP contribution in [-0.2, 0) is 26.4 Å². The van der Waals surface area contributed by atoms with Crippen molar-refractivity contribution >= 4 is 16.9 Å². The van der Waals surface area contributed by atoms with Gasteiger partial charge in [-0.25, -0.2) is 4.79 Å². The standard InChI is InChI=1S/C24H31N3O4/c1-4-23-11-7-12-26(16-25)13-10-18-17-8-5-6-9-20(17)27(21(18)19(23)14-30-2)24(29,15-23)22(28)31-3/h5-6,8-9,19,29H,4,7,10-15H2,1-3H3. The Morgan fingerprint density at radius 3 is 2.77 bits per heavy atom. The molecule has 31 heavy (non-hydrogen) atoms. The Hall–Kier alpha value is -2.56. The van der Waals surface area contributed by atoms with Crippen molar-refractivity contribution in [1.82, 2.24) is 9.47 Å². The summed E-state index contributed by atoms with van der Waals surface area (Å²) in [5, 5.41) is 22.6. The lowest BCUT2D eigenvalue weighted by atomic mass is 9.62. The van der Waals surface area contributed by atoms with E-state index in [1.807, 2.05) is 29.2 Å². The summed E-state index contributed by atoms with van der Waals surface area (Å²) in [6.45, 7) is 3.90. The minimum Gasteiger partial charge on any atom is -0.465 e. The quantitative estimate of drug-likeness (QED) is 0.598. The maximum absolute atomic E-state index is 13.1. The molecule has 1 aromatic carbocycles. The summed E-state index contributed by atoms with van der Waals surface area (Å²) in [5.74, 6) is -0.603. The Balaban J connectivity index is 2.09. The largest absolute Gasteiger partial charge is 0.465 e. The third-order valence-electron chi connectivity index (χ3n) is 7.48. The Bertz CT molecular complexity index is 1030. The lowest BCUT2D eigenvalue weighted by molar-refractivity contribution is -0.187. The summed E-state index contributed by atoms with van der Waals surface area (Å²) in [4.78, 5) is 14.9. The molecule has 2 bridgehead atoms. The smallest absolute Gasteiger partial charge is 0.359 e. The van der Waals surface area contributed by atoms with E-state index in [9.17, 15) is 15.2 Å². The van der Waals surface area contributed by atoms with Gasteiger partial charge in [-0.15, -0.1) is 0 Å². The summed E-state index contributed by atoms with van der Waals surface area (Å²) in [7, 11) is 3.03. The van der Waals surface area contributed by atoms with Crippen LogP contribution in [0.4, 0.5) is 0 Å². The van der Waals surface area contributed by atoms with Crippen molar-refractivity contribution < 1.29 is 19.4 Å². The number of benzene rings is 1. The van der Waals surface area contributed by atoms with Crippen LogP contribution >= 0.6 is 0 Å². The van der Waals surface area contributed by atoms with E-state index in [0.717, 1.165) is 41.4 Å². The average molecular weight is 426 g/mol. The van der Waals surface area contributed by atoms with Crippen molar-refractivity contribution in [3.63, 3.8) is 0 Å². The fourth-order valence-electron chi connectivity index (χ4n) is 5.98. The summed E-state index contributed by atoms with van der Waals surface area (Å²) in [5.41, 5.74) is 0.713. The molecule has 7 heteroatoms. The topological polar surface area (TPSA) is 87.7 Å². The van der Waals surface area contributed by atoms with Crippen LogP contribution in [0.2, 0.25) is 0 Å². The molecule has 0 spiro atoms. The first kappa shape index (κ1) is 21.7. The molecule has 1 N–H and O–H groups in total. The number of rotatable bonds is 4. The highest BCUT2D eigenvalue weighted by Gasteiger charge is 2.57. The molecule has 0 fully saturated rings. The van der Waals surface area contributed by atoms with Crippen LogP contribution in [0.15, 0.2) is 24.3 Å². The van der Waals surface area contributed by atoms with Gasteiger partial charge in [-0.2, -0.15) is 5.26 Å². The van der Waals surface area contributed by atoms with Gasteiger partial charge >= 0.3 is 5.97 Å². The number of aliphatic hydroxyl groups is 1. The van der Waals surface area contributed by atoms with Crippen LogP contribution in [0.25, 0.3) is 10.9 Å². The van der Waals surface area contributed by atoms with E-state index < -0.39 is 11.7 Å². The first-order chi connectivity index (χ1) is 15.0. The molecule has 2 aromatic rings. The fraction of sp³-hybridized carbons (Fsp3) is 0.583. The van der Waals surface area contributed by atoms with E-state index in [1.165, 1.54) is 7.11 Å². The van der Waals surface area contributed by atoms with Crippen molar-refractivity contribution in [1.29, 1.82) is 5.26 Å². The molecule has 2 aliphatic rings. The van der Waals surface area contributed by atoms with Crippen molar-refractivity contribution in [2.24, 2.45) is 5.41 Å². The van der Waals surface area contributed by atoms with Gasteiger partial charge in [0.15, 0.2) is 6.19 Å². The van der Waals surface area contributed by atoms with Crippen molar-refractivity contribution in [3.8, 4) is 6.19 Å². The first-order valence-corrected chi connectivity index (χ1v) is 11.0. The van der Waals surface area contributed by atoms with Crippen molar-refractivity contribution in [2.75, 3.05) is 33.9 Å². The Morgan fingerprint density at radius 2 is 2.10 bits per heavy atom. The lowest BCUT2D eigenvalue weighted by Gasteiger charge is -2.51. The molecule has 166 valence electrons. The monoisotopic (exact) mass is 425 g/mol. The second kappa shape index (κ2) is 8.18. The molecule has 2 aliphatic heterocycles. The molecular weight excluding hydrogens is 394 g/mol. The van der Waals surface area contributed by atoms with E-state index in [4.69, 9.17) is 9.47 Å². The van der Waals surface area contributed by atoms with Crippen LogP contribution < -0.4 is 0 Å². The highest BCUT2D eigenvalue weighted by atomic mass is 16.5. The second-order valence-corrected chi connectivity index (χ2v) is 8.87. The third-order valence-corrected chi connectivity index (χ3v) is 7.48. The van der Waals surface area contributed by atoms with Crippen LogP contribution in [0.5, 0.6) is 0 Å². The summed E-state index contributed by atoms with van der Waals surface area (Å²) in [6, 6.07) is 7.87. The summed E-state index contributed by atoms with van der Waals surface area (Å²) in [6.07, 6.45) is 5.63. The maximum Gasteiger partial charge on any atom is 0.359 e. The minimum absolute atomic E-state index is 0.0310. The second-order valence-electron chi connectivity index (χ2n) is 8.87. The van der Waals surface area contributed by atoms with E-state index in [0.29, 0.717) is 26.1 Å². The molecule has 0 saturated heterocycles. The van der Waals surface area contributed by atoms with Crippen molar-refractivity contribution in [3.05, 3.63) is 35.5 Å². The van der Waals surface area contributed by atoms with Gasteiger partial charge in [0.05, 0.1) is 19.2 Å². The van der Waals surface area contributed by atoms with E-state index in [-0.39, 0.29) is 17.8 Å². The van der Waals surface area contributed by atoms with Gasteiger partial charge in [0.2, 0.25) is 5.72 Å². The van der Waals surface area contributed by atoms with Crippen LogP contribution in [0.1, 0.15) is 49.8 Å². The highest BCUT2D eigenvalue weighted by Crippen LogP contribution is 2.57. The number of nitrogens with zero attached hydrogens (tertiary/aromatic N) is 3. The molecule has 0 radical (unpaired) electrons. The van der Waals surface area contributed by atoms with Gasteiger partial charge in [-0.1, -0.05) is 25.1 Å². The molecular formula is C24H31N3O4. The summed E-state index contributed by atoms with van der Waals surface area (Å²) < 4.78 is 12.7. The molecule has 3 atom stereocenters. The Labute approximate surface area is 183 Å². The maximum atomic E-state index is 13.1. The number of carbonyl (C=O) groups is 1. The Kier molecular flexibility index (Phi) is 5.71. The number of aromatic nitrogens is 1. The van der Waals surface area contributed by atoms with Gasteiger partial charge < -0.3 is 24.0 Å². The number of methoxy groups -OCH3 is 2. The van der Waals surface area contributed by atoms with E-state index >= 15 is 0 Å². The molecule has 0 amide bonds. The number of ether oxygens (including phenoxy) is 2. The zero-order valence-electron chi connectivity index (χ0n) is 18.6. The minimum atomic E-state index is -1.78. The number of hydrogen-bond donors (Lipinski definition) is 1.